The van der Waals surface area contributed by atoms with Crippen molar-refractivity contribution in [1.29, 1.82) is 0 Å². The zero-order valence-electron chi connectivity index (χ0n) is 23.3. The molecule has 0 aromatic rings. The number of fused-ring (bicyclic) bond motifs is 7. The largest absolute Gasteiger partial charge is 0.469 e. The lowest BCUT2D eigenvalue weighted by atomic mass is 9.33. The van der Waals surface area contributed by atoms with Crippen LogP contribution in [0.2, 0.25) is 0 Å². The molecular formula is C31H46O4. The molecule has 5 aliphatic carbocycles. The third-order valence-corrected chi connectivity index (χ3v) is 13.0. The van der Waals surface area contributed by atoms with E-state index in [1.165, 1.54) is 12.7 Å². The maximum atomic E-state index is 14.3. The van der Waals surface area contributed by atoms with Crippen molar-refractivity contribution in [2.24, 2.45) is 50.2 Å². The van der Waals surface area contributed by atoms with Crippen LogP contribution in [0.25, 0.3) is 0 Å². The van der Waals surface area contributed by atoms with Crippen LogP contribution in [0.15, 0.2) is 11.6 Å². The smallest absolute Gasteiger partial charge is 0.311 e. The van der Waals surface area contributed by atoms with E-state index < -0.39 is 5.41 Å². The average molecular weight is 483 g/mol. The monoisotopic (exact) mass is 482 g/mol. The van der Waals surface area contributed by atoms with Crippen LogP contribution in [0.1, 0.15) is 106 Å². The van der Waals surface area contributed by atoms with Crippen LogP contribution < -0.4 is 0 Å². The number of Topliss-reactive ketones (excluding diaryl/α,β-unsaturated/α-hetero) is 1. The topological polar surface area (TPSA) is 60.4 Å². The van der Waals surface area contributed by atoms with E-state index in [1.807, 2.05) is 0 Å². The van der Waals surface area contributed by atoms with Crippen LogP contribution in [0.3, 0.4) is 0 Å². The van der Waals surface area contributed by atoms with Crippen LogP contribution >= 0.6 is 0 Å². The van der Waals surface area contributed by atoms with Gasteiger partial charge in [-0.3, -0.25) is 14.4 Å². The average Bonchev–Trinajstić information content (AvgIpc) is 2.78. The highest BCUT2D eigenvalue weighted by atomic mass is 16.5. The summed E-state index contributed by atoms with van der Waals surface area (Å²) in [6.45, 7) is 15.9. The summed E-state index contributed by atoms with van der Waals surface area (Å²) < 4.78 is 5.24. The lowest BCUT2D eigenvalue weighted by Crippen LogP contribution is -2.66. The Labute approximate surface area is 212 Å². The molecule has 8 atom stereocenters. The summed E-state index contributed by atoms with van der Waals surface area (Å²) in [6, 6.07) is 0. The second kappa shape index (κ2) is 7.32. The summed E-state index contributed by atoms with van der Waals surface area (Å²) in [5.41, 5.74) is 0.244. The van der Waals surface area contributed by atoms with Gasteiger partial charge in [-0.15, -0.1) is 0 Å². The van der Waals surface area contributed by atoms with Gasteiger partial charge in [0, 0.05) is 17.8 Å². The fourth-order valence-electron chi connectivity index (χ4n) is 10.4. The SMILES string of the molecule is COC(=O)[C@@]1(C)CC[C@]2(C)CC[C@]3(C)C(=CC(=O)C4[C@@]5(C)CCC(=O)C(C)(C)C5CC[C@]43C)C2C1. The Balaban J connectivity index is 1.62. The highest BCUT2D eigenvalue weighted by molar-refractivity contribution is 5.96. The summed E-state index contributed by atoms with van der Waals surface area (Å²) in [7, 11) is 1.50. The Morgan fingerprint density at radius 3 is 2.23 bits per heavy atom. The predicted molar refractivity (Wildman–Crippen MR) is 136 cm³/mol. The van der Waals surface area contributed by atoms with Gasteiger partial charge in [0.25, 0.3) is 0 Å². The molecule has 5 aliphatic rings. The van der Waals surface area contributed by atoms with Gasteiger partial charge >= 0.3 is 5.97 Å². The highest BCUT2D eigenvalue weighted by Gasteiger charge is 2.70. The van der Waals surface area contributed by atoms with Gasteiger partial charge in [0.1, 0.15) is 5.78 Å². The molecule has 0 spiro atoms. The van der Waals surface area contributed by atoms with E-state index >= 15 is 0 Å². The minimum absolute atomic E-state index is 0.0465. The van der Waals surface area contributed by atoms with Crippen molar-refractivity contribution in [3.63, 3.8) is 0 Å². The minimum atomic E-state index is -0.490. The van der Waals surface area contributed by atoms with Crippen molar-refractivity contribution in [3.8, 4) is 0 Å². The van der Waals surface area contributed by atoms with Gasteiger partial charge in [-0.05, 0) is 97.9 Å². The Bertz CT molecular complexity index is 1020. The predicted octanol–water partition coefficient (Wildman–Crippen LogP) is 6.71. The van der Waals surface area contributed by atoms with Crippen molar-refractivity contribution in [2.75, 3.05) is 7.11 Å². The van der Waals surface area contributed by atoms with Crippen molar-refractivity contribution in [2.45, 2.75) is 106 Å². The first-order valence-corrected chi connectivity index (χ1v) is 14.0. The maximum Gasteiger partial charge on any atom is 0.311 e. The van der Waals surface area contributed by atoms with E-state index in [0.29, 0.717) is 12.2 Å². The second-order valence-electron chi connectivity index (χ2n) is 14.9. The van der Waals surface area contributed by atoms with E-state index in [9.17, 15) is 14.4 Å². The normalized spacial score (nSPS) is 50.7. The number of ketones is 2. The molecule has 0 amide bonds. The molecule has 0 N–H and O–H groups in total. The van der Waals surface area contributed by atoms with E-state index in [1.54, 1.807) is 0 Å². The molecule has 0 radical (unpaired) electrons. The number of rotatable bonds is 1. The van der Waals surface area contributed by atoms with Crippen molar-refractivity contribution in [3.05, 3.63) is 11.6 Å². The maximum absolute atomic E-state index is 14.3. The first-order valence-electron chi connectivity index (χ1n) is 14.0. The summed E-state index contributed by atoms with van der Waals surface area (Å²) in [6.07, 6.45) is 10.3. The number of ether oxygens (including phenoxy) is 1. The van der Waals surface area contributed by atoms with Gasteiger partial charge in [-0.2, -0.15) is 0 Å². The number of carbonyl (C=O) groups is 3. The minimum Gasteiger partial charge on any atom is -0.469 e. The number of allylic oxidation sites excluding steroid dienone is 2. The quantitative estimate of drug-likeness (QED) is 0.390. The number of hydrogen-bond donors (Lipinski definition) is 0. The van der Waals surface area contributed by atoms with Gasteiger partial charge < -0.3 is 4.74 Å². The highest BCUT2D eigenvalue weighted by Crippen LogP contribution is 2.74. The number of methoxy groups -OCH3 is 1. The van der Waals surface area contributed by atoms with E-state index in [2.05, 4.69) is 54.5 Å². The van der Waals surface area contributed by atoms with Crippen LogP contribution in [-0.2, 0) is 19.1 Å². The van der Waals surface area contributed by atoms with Crippen LogP contribution in [0, 0.1) is 50.2 Å². The Morgan fingerprint density at radius 1 is 0.914 bits per heavy atom. The molecule has 0 aromatic heterocycles. The molecule has 0 heterocycles. The molecule has 3 unspecified atom stereocenters. The lowest BCUT2D eigenvalue weighted by molar-refractivity contribution is -0.188. The fraction of sp³-hybridized carbons (Fsp3) is 0.839. The van der Waals surface area contributed by atoms with Crippen molar-refractivity contribution < 1.29 is 19.1 Å². The summed E-state index contributed by atoms with van der Waals surface area (Å²) in [5, 5.41) is 0. The number of carbonyl (C=O) groups excluding carboxylic acids is 3. The third kappa shape index (κ3) is 3.00. The van der Waals surface area contributed by atoms with Crippen molar-refractivity contribution >= 4 is 17.5 Å². The zero-order valence-corrected chi connectivity index (χ0v) is 23.3. The zero-order chi connectivity index (χ0) is 25.8. The molecule has 35 heavy (non-hydrogen) atoms. The molecule has 0 saturated heterocycles. The lowest BCUT2D eigenvalue weighted by Gasteiger charge is -2.69. The summed E-state index contributed by atoms with van der Waals surface area (Å²) in [5.74, 6) is 0.980. The second-order valence-corrected chi connectivity index (χ2v) is 14.9. The first-order chi connectivity index (χ1) is 16.1. The summed E-state index contributed by atoms with van der Waals surface area (Å²) in [4.78, 5) is 40.0. The molecule has 0 aromatic carbocycles. The van der Waals surface area contributed by atoms with Gasteiger partial charge in [0.15, 0.2) is 5.78 Å². The Hall–Kier alpha value is -1.45. The van der Waals surface area contributed by atoms with Gasteiger partial charge in [-0.25, -0.2) is 0 Å². The molecule has 4 nitrogen and oxygen atoms in total. The van der Waals surface area contributed by atoms with E-state index in [4.69, 9.17) is 4.74 Å². The van der Waals surface area contributed by atoms with Crippen LogP contribution in [-0.4, -0.2) is 24.6 Å². The van der Waals surface area contributed by atoms with Crippen LogP contribution in [0.5, 0.6) is 0 Å². The molecular weight excluding hydrogens is 436 g/mol. The Kier molecular flexibility index (Phi) is 5.27. The van der Waals surface area contributed by atoms with E-state index in [-0.39, 0.29) is 56.6 Å². The van der Waals surface area contributed by atoms with Gasteiger partial charge in [-0.1, -0.05) is 47.1 Å². The third-order valence-electron chi connectivity index (χ3n) is 13.0. The molecule has 5 rings (SSSR count). The van der Waals surface area contributed by atoms with E-state index in [0.717, 1.165) is 51.4 Å². The number of hydrogen-bond acceptors (Lipinski definition) is 4. The molecule has 4 heteroatoms. The molecule has 4 saturated carbocycles. The standard InChI is InChI=1S/C31H46O4/c1-26(2)22-9-12-31(7)24(29(22,5)11-10-23(26)33)21(32)17-19-20-18-28(4,25(34)35-8)14-13-27(20,3)15-16-30(19,31)6/h17,20,22,24H,9-16,18H2,1-8H3/t20?,22?,24?,27-,28+,29+,30-,31-/m1/s1. The molecule has 4 fully saturated rings. The van der Waals surface area contributed by atoms with Gasteiger partial charge in [0.05, 0.1) is 12.5 Å². The van der Waals surface area contributed by atoms with Gasteiger partial charge in [0.2, 0.25) is 0 Å². The fourth-order valence-corrected chi connectivity index (χ4v) is 10.4. The number of esters is 1. The first kappa shape index (κ1) is 25.2. The molecule has 194 valence electrons. The summed E-state index contributed by atoms with van der Waals surface area (Å²) >= 11 is 0. The van der Waals surface area contributed by atoms with Crippen molar-refractivity contribution in [1.82, 2.24) is 0 Å². The molecule has 0 bridgehead atoms. The Morgan fingerprint density at radius 2 is 1.57 bits per heavy atom. The van der Waals surface area contributed by atoms with Crippen LogP contribution in [0.4, 0.5) is 0 Å². The molecule has 0 aliphatic heterocycles.